The number of piperidine rings is 1. The van der Waals surface area contributed by atoms with E-state index >= 15 is 0 Å². The first-order valence-corrected chi connectivity index (χ1v) is 10.0. The summed E-state index contributed by atoms with van der Waals surface area (Å²) in [5.74, 6) is 0.531. The minimum atomic E-state index is 0.0462. The second kappa shape index (κ2) is 9.65. The van der Waals surface area contributed by atoms with Gasteiger partial charge in [-0.25, -0.2) is 0 Å². The molecule has 0 saturated carbocycles. The zero-order chi connectivity index (χ0) is 19.9. The van der Waals surface area contributed by atoms with Gasteiger partial charge in [-0.3, -0.25) is 9.59 Å². The van der Waals surface area contributed by atoms with Crippen molar-refractivity contribution >= 4 is 11.7 Å². The van der Waals surface area contributed by atoms with Crippen molar-refractivity contribution in [3.63, 3.8) is 0 Å². The van der Waals surface area contributed by atoms with Crippen molar-refractivity contribution in [3.05, 3.63) is 71.3 Å². The third-order valence-electron chi connectivity index (χ3n) is 5.71. The molecule has 1 atom stereocenters. The molecule has 1 fully saturated rings. The fourth-order valence-electron chi connectivity index (χ4n) is 4.09. The number of amides is 1. The van der Waals surface area contributed by atoms with Gasteiger partial charge < -0.3 is 9.64 Å². The van der Waals surface area contributed by atoms with E-state index in [0.717, 1.165) is 37.1 Å². The van der Waals surface area contributed by atoms with Crippen LogP contribution in [0.25, 0.3) is 0 Å². The van der Waals surface area contributed by atoms with Gasteiger partial charge in [-0.1, -0.05) is 54.6 Å². The van der Waals surface area contributed by atoms with Crippen molar-refractivity contribution in [2.24, 2.45) is 5.92 Å². The minimum absolute atomic E-state index is 0.0462. The van der Waals surface area contributed by atoms with E-state index in [1.54, 1.807) is 7.11 Å². The third kappa shape index (κ3) is 4.87. The SMILES string of the molecule is COC(c1ccccc1)C1CCN(C(=O)CCC(=O)c2ccccc2C)CC1. The van der Waals surface area contributed by atoms with Crippen LogP contribution in [0.4, 0.5) is 0 Å². The predicted molar refractivity (Wildman–Crippen MR) is 110 cm³/mol. The van der Waals surface area contributed by atoms with E-state index in [0.29, 0.717) is 5.92 Å². The van der Waals surface area contributed by atoms with Gasteiger partial charge in [0.05, 0.1) is 6.10 Å². The van der Waals surface area contributed by atoms with Crippen LogP contribution in [-0.2, 0) is 9.53 Å². The molecule has 0 spiro atoms. The maximum atomic E-state index is 12.6. The molecule has 148 valence electrons. The standard InChI is InChI=1S/C24H29NO3/c1-18-8-6-7-11-21(18)22(26)12-13-23(27)25-16-14-20(15-17-25)24(28-2)19-9-4-3-5-10-19/h3-11,20,24H,12-17H2,1-2H3. The van der Waals surface area contributed by atoms with Crippen LogP contribution in [0.5, 0.6) is 0 Å². The van der Waals surface area contributed by atoms with Crippen LogP contribution < -0.4 is 0 Å². The Kier molecular flexibility index (Phi) is 6.99. The topological polar surface area (TPSA) is 46.6 Å². The molecule has 2 aromatic rings. The summed E-state index contributed by atoms with van der Waals surface area (Å²) in [5.41, 5.74) is 2.88. The van der Waals surface area contributed by atoms with Crippen LogP contribution in [0.15, 0.2) is 54.6 Å². The number of ether oxygens (including phenoxy) is 1. The van der Waals surface area contributed by atoms with Crippen LogP contribution in [-0.4, -0.2) is 36.8 Å². The van der Waals surface area contributed by atoms with Gasteiger partial charge in [0, 0.05) is 38.6 Å². The number of ketones is 1. The molecule has 1 amide bonds. The average Bonchev–Trinajstić information content (AvgIpc) is 2.74. The maximum Gasteiger partial charge on any atom is 0.223 e. The van der Waals surface area contributed by atoms with Gasteiger partial charge in [-0.2, -0.15) is 0 Å². The summed E-state index contributed by atoms with van der Waals surface area (Å²) >= 11 is 0. The number of aryl methyl sites for hydroxylation is 1. The summed E-state index contributed by atoms with van der Waals surface area (Å²) in [4.78, 5) is 26.9. The van der Waals surface area contributed by atoms with Crippen LogP contribution in [0, 0.1) is 12.8 Å². The summed E-state index contributed by atoms with van der Waals surface area (Å²) in [6.45, 7) is 3.39. The van der Waals surface area contributed by atoms with E-state index in [2.05, 4.69) is 12.1 Å². The normalized spacial score (nSPS) is 16.0. The van der Waals surface area contributed by atoms with Crippen LogP contribution in [0.1, 0.15) is 53.3 Å². The summed E-state index contributed by atoms with van der Waals surface area (Å²) in [7, 11) is 1.76. The molecule has 28 heavy (non-hydrogen) atoms. The highest BCUT2D eigenvalue weighted by Crippen LogP contribution is 2.33. The molecule has 0 N–H and O–H groups in total. The highest BCUT2D eigenvalue weighted by Gasteiger charge is 2.29. The Morgan fingerprint density at radius 1 is 1.00 bits per heavy atom. The summed E-state index contributed by atoms with van der Waals surface area (Å²) < 4.78 is 5.76. The number of Topliss-reactive ketones (excluding diaryl/α,β-unsaturated/α-hetero) is 1. The lowest BCUT2D eigenvalue weighted by Crippen LogP contribution is -2.40. The Hall–Kier alpha value is -2.46. The molecule has 0 aliphatic carbocycles. The van der Waals surface area contributed by atoms with Gasteiger partial charge in [0.25, 0.3) is 0 Å². The second-order valence-electron chi connectivity index (χ2n) is 7.52. The van der Waals surface area contributed by atoms with Crippen molar-refractivity contribution in [1.82, 2.24) is 4.90 Å². The van der Waals surface area contributed by atoms with Crippen molar-refractivity contribution in [2.45, 2.75) is 38.7 Å². The summed E-state index contributed by atoms with van der Waals surface area (Å²) in [6, 6.07) is 17.8. The molecule has 0 radical (unpaired) electrons. The van der Waals surface area contributed by atoms with E-state index in [1.165, 1.54) is 5.56 Å². The lowest BCUT2D eigenvalue weighted by Gasteiger charge is -2.35. The van der Waals surface area contributed by atoms with Crippen molar-refractivity contribution in [2.75, 3.05) is 20.2 Å². The molecule has 1 aliphatic heterocycles. The Bertz CT molecular complexity index is 795. The average molecular weight is 380 g/mol. The molecule has 4 heteroatoms. The number of methoxy groups -OCH3 is 1. The number of rotatable bonds is 7. The first-order chi connectivity index (χ1) is 13.6. The largest absolute Gasteiger partial charge is 0.376 e. The second-order valence-corrected chi connectivity index (χ2v) is 7.52. The lowest BCUT2D eigenvalue weighted by molar-refractivity contribution is -0.133. The van der Waals surface area contributed by atoms with E-state index in [9.17, 15) is 9.59 Å². The van der Waals surface area contributed by atoms with Gasteiger partial charge in [-0.15, -0.1) is 0 Å². The van der Waals surface area contributed by atoms with Crippen molar-refractivity contribution in [3.8, 4) is 0 Å². The number of carbonyl (C=O) groups excluding carboxylic acids is 2. The monoisotopic (exact) mass is 379 g/mol. The molecule has 0 bridgehead atoms. The Morgan fingerprint density at radius 2 is 1.64 bits per heavy atom. The Labute approximate surface area is 167 Å². The first-order valence-electron chi connectivity index (χ1n) is 10.0. The molecule has 1 aliphatic rings. The Morgan fingerprint density at radius 3 is 2.29 bits per heavy atom. The lowest BCUT2D eigenvalue weighted by atomic mass is 9.87. The zero-order valence-corrected chi connectivity index (χ0v) is 16.8. The highest BCUT2D eigenvalue weighted by molar-refractivity contribution is 5.99. The van der Waals surface area contributed by atoms with Crippen molar-refractivity contribution in [1.29, 1.82) is 0 Å². The third-order valence-corrected chi connectivity index (χ3v) is 5.71. The molecule has 1 heterocycles. The number of benzene rings is 2. The van der Waals surface area contributed by atoms with Gasteiger partial charge in [-0.05, 0) is 36.8 Å². The number of likely N-dealkylation sites (tertiary alicyclic amines) is 1. The number of hydrogen-bond acceptors (Lipinski definition) is 3. The molecular formula is C24H29NO3. The molecule has 2 aromatic carbocycles. The maximum absolute atomic E-state index is 12.6. The summed E-state index contributed by atoms with van der Waals surface area (Å²) in [5, 5.41) is 0. The molecular weight excluding hydrogens is 350 g/mol. The van der Waals surface area contributed by atoms with E-state index in [4.69, 9.17) is 4.74 Å². The number of carbonyl (C=O) groups is 2. The zero-order valence-electron chi connectivity index (χ0n) is 16.8. The molecule has 1 saturated heterocycles. The van der Waals surface area contributed by atoms with Crippen molar-refractivity contribution < 1.29 is 14.3 Å². The number of hydrogen-bond donors (Lipinski definition) is 0. The Balaban J connectivity index is 1.50. The van der Waals surface area contributed by atoms with E-state index < -0.39 is 0 Å². The van der Waals surface area contributed by atoms with Crippen LogP contribution in [0.3, 0.4) is 0 Å². The van der Waals surface area contributed by atoms with Gasteiger partial charge >= 0.3 is 0 Å². The van der Waals surface area contributed by atoms with E-state index in [-0.39, 0.29) is 30.6 Å². The fraction of sp³-hybridized carbons (Fsp3) is 0.417. The molecule has 0 aromatic heterocycles. The van der Waals surface area contributed by atoms with Gasteiger partial charge in [0.15, 0.2) is 5.78 Å². The van der Waals surface area contributed by atoms with Crippen LogP contribution >= 0.6 is 0 Å². The highest BCUT2D eigenvalue weighted by atomic mass is 16.5. The summed E-state index contributed by atoms with van der Waals surface area (Å²) in [6.07, 6.45) is 2.47. The van der Waals surface area contributed by atoms with Gasteiger partial charge in [0.2, 0.25) is 5.91 Å². The van der Waals surface area contributed by atoms with E-state index in [1.807, 2.05) is 54.3 Å². The molecule has 3 rings (SSSR count). The quantitative estimate of drug-likeness (QED) is 0.661. The fourth-order valence-corrected chi connectivity index (χ4v) is 4.09. The first kappa shape index (κ1) is 20.3. The van der Waals surface area contributed by atoms with Gasteiger partial charge in [0.1, 0.15) is 0 Å². The molecule has 4 nitrogen and oxygen atoms in total. The minimum Gasteiger partial charge on any atom is -0.376 e. The smallest absolute Gasteiger partial charge is 0.223 e. The van der Waals surface area contributed by atoms with Crippen LogP contribution in [0.2, 0.25) is 0 Å². The predicted octanol–water partition coefficient (Wildman–Crippen LogP) is 4.58. The number of nitrogens with zero attached hydrogens (tertiary/aromatic N) is 1. The molecule has 1 unspecified atom stereocenters.